The van der Waals surface area contributed by atoms with Gasteiger partial charge in [-0.05, 0) is 29.8 Å². The molecule has 0 amide bonds. The van der Waals surface area contributed by atoms with Gasteiger partial charge in [-0.1, -0.05) is 6.07 Å². The number of hydrogen-bond acceptors (Lipinski definition) is 5. The summed E-state index contributed by atoms with van der Waals surface area (Å²) in [6, 6.07) is 6.92. The second kappa shape index (κ2) is 7.39. The van der Waals surface area contributed by atoms with Gasteiger partial charge in [-0.3, -0.25) is 0 Å². The van der Waals surface area contributed by atoms with Crippen molar-refractivity contribution in [2.24, 2.45) is 0 Å². The number of aromatic nitrogens is 1. The lowest BCUT2D eigenvalue weighted by molar-refractivity contribution is -0.137. The molecule has 5 nitrogen and oxygen atoms in total. The second-order valence-electron chi connectivity index (χ2n) is 4.91. The highest BCUT2D eigenvalue weighted by Gasteiger charge is 2.34. The van der Waals surface area contributed by atoms with E-state index in [4.69, 9.17) is 9.47 Å². The Hall–Kier alpha value is -2.48. The predicted molar refractivity (Wildman–Crippen MR) is 82.2 cm³/mol. The van der Waals surface area contributed by atoms with Crippen LogP contribution in [0.5, 0.6) is 11.5 Å². The largest absolute Gasteiger partial charge is 0.493 e. The Morgan fingerprint density at radius 2 is 1.88 bits per heavy atom. The van der Waals surface area contributed by atoms with E-state index in [1.807, 2.05) is 0 Å². The fraction of sp³-hybridized carbons (Fsp3) is 0.312. The molecule has 0 radical (unpaired) electrons. The fourth-order valence-corrected chi connectivity index (χ4v) is 2.15. The van der Waals surface area contributed by atoms with Gasteiger partial charge in [0.05, 0.1) is 25.9 Å². The summed E-state index contributed by atoms with van der Waals surface area (Å²) in [5.41, 5.74) is -0.408. The van der Waals surface area contributed by atoms with Crippen molar-refractivity contribution in [1.29, 1.82) is 0 Å². The highest BCUT2D eigenvalue weighted by Crippen LogP contribution is 2.34. The third-order valence-corrected chi connectivity index (χ3v) is 3.37. The van der Waals surface area contributed by atoms with Gasteiger partial charge in [0, 0.05) is 12.7 Å². The first-order valence-electron chi connectivity index (χ1n) is 7.03. The lowest BCUT2D eigenvalue weighted by atomic mass is 10.1. The Bertz CT molecular complexity index is 693. The normalized spacial score (nSPS) is 12.6. The molecule has 0 unspecified atom stereocenters. The topological polar surface area (TPSA) is 63.6 Å². The molecule has 0 fully saturated rings. The van der Waals surface area contributed by atoms with Crippen LogP contribution in [0.3, 0.4) is 0 Å². The van der Waals surface area contributed by atoms with E-state index < -0.39 is 17.8 Å². The van der Waals surface area contributed by atoms with Crippen LogP contribution in [0.25, 0.3) is 0 Å². The maximum absolute atomic E-state index is 12.9. The molecule has 0 saturated carbocycles. The molecule has 130 valence electrons. The van der Waals surface area contributed by atoms with Gasteiger partial charge in [0.25, 0.3) is 0 Å². The quantitative estimate of drug-likeness (QED) is 0.844. The number of aliphatic hydroxyl groups is 1. The van der Waals surface area contributed by atoms with Crippen LogP contribution in [0, 0.1) is 0 Å². The number of rotatable bonds is 6. The zero-order chi connectivity index (χ0) is 17.7. The van der Waals surface area contributed by atoms with Crippen LogP contribution in [-0.4, -0.2) is 30.9 Å². The predicted octanol–water partition coefficient (Wildman–Crippen LogP) is 3.26. The van der Waals surface area contributed by atoms with Crippen LogP contribution in [0.4, 0.5) is 19.0 Å². The summed E-state index contributed by atoms with van der Waals surface area (Å²) in [4.78, 5) is 3.68. The van der Waals surface area contributed by atoms with E-state index in [0.717, 1.165) is 6.07 Å². The number of halogens is 3. The molecule has 2 aromatic rings. The van der Waals surface area contributed by atoms with Gasteiger partial charge < -0.3 is 19.9 Å². The van der Waals surface area contributed by atoms with Crippen molar-refractivity contribution in [3.05, 3.63) is 47.7 Å². The standard InChI is InChI=1S/C16H17F3N2O3/c1-23-13-6-5-10(8-14(13)24-2)12(22)9-21-15-11(16(17,18)19)4-3-7-20-15/h3-8,12,22H,9H2,1-2H3,(H,20,21)/t12-/m1/s1. The van der Waals surface area contributed by atoms with E-state index in [-0.39, 0.29) is 12.4 Å². The van der Waals surface area contributed by atoms with Crippen LogP contribution in [-0.2, 0) is 6.18 Å². The average molecular weight is 342 g/mol. The molecule has 2 N–H and O–H groups in total. The molecule has 0 aliphatic carbocycles. The number of anilines is 1. The minimum absolute atomic E-state index is 0.143. The molecule has 24 heavy (non-hydrogen) atoms. The average Bonchev–Trinajstić information content (AvgIpc) is 2.58. The molecule has 8 heteroatoms. The van der Waals surface area contributed by atoms with E-state index in [9.17, 15) is 18.3 Å². The van der Waals surface area contributed by atoms with Gasteiger partial charge in [-0.15, -0.1) is 0 Å². The summed E-state index contributed by atoms with van der Waals surface area (Å²) in [5, 5.41) is 12.7. The van der Waals surface area contributed by atoms with Crippen LogP contribution in [0.2, 0.25) is 0 Å². The number of hydrogen-bond donors (Lipinski definition) is 2. The molecule has 0 aliphatic rings. The van der Waals surface area contributed by atoms with Crippen molar-refractivity contribution in [1.82, 2.24) is 4.98 Å². The maximum atomic E-state index is 12.9. The molecule has 0 saturated heterocycles. The Kier molecular flexibility index (Phi) is 5.50. The number of nitrogens with zero attached hydrogens (tertiary/aromatic N) is 1. The lowest BCUT2D eigenvalue weighted by Gasteiger charge is -2.17. The minimum Gasteiger partial charge on any atom is -0.493 e. The smallest absolute Gasteiger partial charge is 0.419 e. The van der Waals surface area contributed by atoms with Crippen molar-refractivity contribution in [3.63, 3.8) is 0 Å². The third-order valence-electron chi connectivity index (χ3n) is 3.37. The van der Waals surface area contributed by atoms with E-state index >= 15 is 0 Å². The Morgan fingerprint density at radius 3 is 2.50 bits per heavy atom. The zero-order valence-corrected chi connectivity index (χ0v) is 13.1. The molecule has 1 heterocycles. The van der Waals surface area contributed by atoms with Crippen molar-refractivity contribution < 1.29 is 27.8 Å². The fourth-order valence-electron chi connectivity index (χ4n) is 2.15. The molecule has 1 aromatic heterocycles. The third kappa shape index (κ3) is 4.08. The van der Waals surface area contributed by atoms with E-state index in [2.05, 4.69) is 10.3 Å². The zero-order valence-electron chi connectivity index (χ0n) is 13.1. The van der Waals surface area contributed by atoms with Gasteiger partial charge in [-0.25, -0.2) is 4.98 Å². The summed E-state index contributed by atoms with van der Waals surface area (Å²) in [7, 11) is 2.94. The highest BCUT2D eigenvalue weighted by atomic mass is 19.4. The number of alkyl halides is 3. The summed E-state index contributed by atoms with van der Waals surface area (Å²) >= 11 is 0. The number of methoxy groups -OCH3 is 2. The Morgan fingerprint density at radius 1 is 1.17 bits per heavy atom. The SMILES string of the molecule is COc1ccc([C@H](O)CNc2ncccc2C(F)(F)F)cc1OC. The van der Waals surface area contributed by atoms with E-state index in [1.54, 1.807) is 18.2 Å². The first-order valence-corrected chi connectivity index (χ1v) is 7.03. The number of aliphatic hydroxyl groups excluding tert-OH is 1. The monoisotopic (exact) mass is 342 g/mol. The molecule has 2 rings (SSSR count). The molecule has 0 bridgehead atoms. The van der Waals surface area contributed by atoms with Gasteiger partial charge in [-0.2, -0.15) is 13.2 Å². The number of pyridine rings is 1. The van der Waals surface area contributed by atoms with Gasteiger partial charge in [0.2, 0.25) is 0 Å². The highest BCUT2D eigenvalue weighted by molar-refractivity contribution is 5.47. The maximum Gasteiger partial charge on any atom is 0.419 e. The van der Waals surface area contributed by atoms with Gasteiger partial charge >= 0.3 is 6.18 Å². The summed E-state index contributed by atoms with van der Waals surface area (Å²) in [6.07, 6.45) is -4.32. The Balaban J connectivity index is 2.13. The van der Waals surface area contributed by atoms with Gasteiger partial charge in [0.15, 0.2) is 11.5 Å². The van der Waals surface area contributed by atoms with E-state index in [1.165, 1.54) is 26.5 Å². The van der Waals surface area contributed by atoms with Crippen LogP contribution in [0.1, 0.15) is 17.2 Å². The van der Waals surface area contributed by atoms with Crippen molar-refractivity contribution >= 4 is 5.82 Å². The van der Waals surface area contributed by atoms with E-state index in [0.29, 0.717) is 17.1 Å². The van der Waals surface area contributed by atoms with Gasteiger partial charge in [0.1, 0.15) is 5.82 Å². The number of ether oxygens (including phenoxy) is 2. The summed E-state index contributed by atoms with van der Waals surface area (Å²) < 4.78 is 48.9. The Labute approximate surface area is 137 Å². The van der Waals surface area contributed by atoms with Crippen molar-refractivity contribution in [2.45, 2.75) is 12.3 Å². The van der Waals surface area contributed by atoms with Crippen molar-refractivity contribution in [3.8, 4) is 11.5 Å². The second-order valence-corrected chi connectivity index (χ2v) is 4.91. The van der Waals surface area contributed by atoms with Crippen LogP contribution in [0.15, 0.2) is 36.5 Å². The molecule has 0 aliphatic heterocycles. The molecule has 1 atom stereocenters. The van der Waals surface area contributed by atoms with Crippen molar-refractivity contribution in [2.75, 3.05) is 26.1 Å². The minimum atomic E-state index is -4.52. The first kappa shape index (κ1) is 17.9. The molecular weight excluding hydrogens is 325 g/mol. The molecular formula is C16H17F3N2O3. The first-order chi connectivity index (χ1) is 11.4. The molecule has 1 aromatic carbocycles. The van der Waals surface area contributed by atoms with Crippen LogP contribution < -0.4 is 14.8 Å². The summed E-state index contributed by atoms with van der Waals surface area (Å²) in [5.74, 6) is 0.581. The number of benzene rings is 1. The number of nitrogens with one attached hydrogen (secondary N) is 1. The van der Waals surface area contributed by atoms with Crippen LogP contribution >= 0.6 is 0 Å². The summed E-state index contributed by atoms with van der Waals surface area (Å²) in [6.45, 7) is -0.143. The molecule has 0 spiro atoms. The lowest BCUT2D eigenvalue weighted by Crippen LogP contribution is -2.17.